The van der Waals surface area contributed by atoms with Crippen LogP contribution in [0.25, 0.3) is 31.9 Å². The van der Waals surface area contributed by atoms with Crippen molar-refractivity contribution in [2.45, 2.75) is 0 Å². The lowest BCUT2D eigenvalue weighted by Crippen LogP contribution is -1.83. The molecule has 0 aliphatic carbocycles. The van der Waals surface area contributed by atoms with Crippen LogP contribution in [-0.2, 0) is 0 Å². The number of benzene rings is 3. The summed E-state index contributed by atoms with van der Waals surface area (Å²) in [6.45, 7) is 0. The highest BCUT2D eigenvalue weighted by Crippen LogP contribution is 2.33. The van der Waals surface area contributed by atoms with Gasteiger partial charge in [-0.3, -0.25) is 0 Å². The van der Waals surface area contributed by atoms with Gasteiger partial charge in [0.25, 0.3) is 0 Å². The fraction of sp³-hybridized carbons (Fsp3) is 0. The molecule has 4 rings (SSSR count). The van der Waals surface area contributed by atoms with E-state index in [9.17, 15) is 0 Å². The summed E-state index contributed by atoms with van der Waals surface area (Å²) >= 11 is 1.73. The van der Waals surface area contributed by atoms with Crippen molar-refractivity contribution >= 4 is 27.2 Å². The van der Waals surface area contributed by atoms with E-state index in [4.69, 9.17) is 10.7 Å². The lowest BCUT2D eigenvalue weighted by molar-refractivity contribution is 1.48. The molecule has 0 bridgehead atoms. The van der Waals surface area contributed by atoms with Gasteiger partial charge in [0.15, 0.2) is 0 Å². The van der Waals surface area contributed by atoms with Gasteiger partial charge in [-0.25, -0.2) is 4.98 Å². The third kappa shape index (κ3) is 2.36. The minimum Gasteiger partial charge on any atom is -0.399 e. The zero-order chi connectivity index (χ0) is 14.9. The van der Waals surface area contributed by atoms with E-state index in [0.29, 0.717) is 0 Å². The first-order valence-electron chi connectivity index (χ1n) is 7.11. The summed E-state index contributed by atoms with van der Waals surface area (Å²) in [6, 6.07) is 24.7. The van der Waals surface area contributed by atoms with E-state index in [1.807, 2.05) is 30.3 Å². The Morgan fingerprint density at radius 3 is 2.23 bits per heavy atom. The number of nitrogens with zero attached hydrogens (tertiary/aromatic N) is 1. The molecule has 1 aromatic heterocycles. The van der Waals surface area contributed by atoms with Gasteiger partial charge >= 0.3 is 0 Å². The van der Waals surface area contributed by atoms with E-state index in [0.717, 1.165) is 21.8 Å². The topological polar surface area (TPSA) is 38.9 Å². The molecular weight excluding hydrogens is 288 g/mol. The number of fused-ring (bicyclic) bond motifs is 1. The normalized spacial score (nSPS) is 10.9. The van der Waals surface area contributed by atoms with E-state index in [-0.39, 0.29) is 0 Å². The van der Waals surface area contributed by atoms with Crippen molar-refractivity contribution < 1.29 is 0 Å². The Hall–Kier alpha value is -2.65. The van der Waals surface area contributed by atoms with Gasteiger partial charge in [0.05, 0.1) is 10.2 Å². The molecule has 4 aromatic rings. The van der Waals surface area contributed by atoms with Crippen LogP contribution in [0.15, 0.2) is 72.8 Å². The monoisotopic (exact) mass is 302 g/mol. The van der Waals surface area contributed by atoms with E-state index >= 15 is 0 Å². The van der Waals surface area contributed by atoms with Gasteiger partial charge < -0.3 is 5.73 Å². The number of hydrogen-bond acceptors (Lipinski definition) is 3. The summed E-state index contributed by atoms with van der Waals surface area (Å²) in [6.07, 6.45) is 0. The van der Waals surface area contributed by atoms with Crippen LogP contribution in [0.4, 0.5) is 5.69 Å². The number of thiazole rings is 1. The molecule has 2 nitrogen and oxygen atoms in total. The van der Waals surface area contributed by atoms with Gasteiger partial charge in [0, 0.05) is 11.3 Å². The fourth-order valence-electron chi connectivity index (χ4n) is 2.48. The molecule has 0 aliphatic rings. The molecule has 0 atom stereocenters. The number of anilines is 1. The summed E-state index contributed by atoms with van der Waals surface area (Å²) in [4.78, 5) is 4.73. The molecule has 0 spiro atoms. The van der Waals surface area contributed by atoms with Crippen LogP contribution >= 0.6 is 11.3 Å². The molecule has 0 aliphatic heterocycles. The number of aromatic nitrogens is 1. The van der Waals surface area contributed by atoms with Gasteiger partial charge in [-0.15, -0.1) is 11.3 Å². The summed E-state index contributed by atoms with van der Waals surface area (Å²) in [5.41, 5.74) is 11.1. The van der Waals surface area contributed by atoms with Crippen LogP contribution in [0.5, 0.6) is 0 Å². The highest BCUT2D eigenvalue weighted by atomic mass is 32.1. The Morgan fingerprint density at radius 1 is 0.727 bits per heavy atom. The number of hydrogen-bond donors (Lipinski definition) is 1. The zero-order valence-electron chi connectivity index (χ0n) is 11.9. The van der Waals surface area contributed by atoms with Crippen molar-refractivity contribution in [1.29, 1.82) is 0 Å². The van der Waals surface area contributed by atoms with Crippen LogP contribution in [0, 0.1) is 0 Å². The molecule has 0 saturated carbocycles. The second-order valence-corrected chi connectivity index (χ2v) is 6.22. The lowest BCUT2D eigenvalue weighted by Gasteiger charge is -2.01. The SMILES string of the molecule is Nc1ccc(-c2ccc3nc(-c4ccccc4)sc3c2)cc1. The Labute approximate surface area is 132 Å². The highest BCUT2D eigenvalue weighted by molar-refractivity contribution is 7.21. The average molecular weight is 302 g/mol. The molecular formula is C19H14N2S. The molecule has 3 aromatic carbocycles. The number of nitrogens with two attached hydrogens (primary N) is 1. The zero-order valence-corrected chi connectivity index (χ0v) is 12.7. The summed E-state index contributed by atoms with van der Waals surface area (Å²) in [7, 11) is 0. The van der Waals surface area contributed by atoms with Gasteiger partial charge in [0.1, 0.15) is 5.01 Å². The second-order valence-electron chi connectivity index (χ2n) is 5.19. The minimum absolute atomic E-state index is 0.786. The van der Waals surface area contributed by atoms with E-state index in [1.165, 1.54) is 15.8 Å². The summed E-state index contributed by atoms with van der Waals surface area (Å²) in [5.74, 6) is 0. The van der Waals surface area contributed by atoms with Gasteiger partial charge in [0.2, 0.25) is 0 Å². The molecule has 0 saturated heterocycles. The summed E-state index contributed by atoms with van der Waals surface area (Å²) < 4.78 is 1.20. The molecule has 22 heavy (non-hydrogen) atoms. The van der Waals surface area contributed by atoms with Crippen molar-refractivity contribution in [3.8, 4) is 21.7 Å². The Kier molecular flexibility index (Phi) is 3.13. The fourth-order valence-corrected chi connectivity index (χ4v) is 3.49. The smallest absolute Gasteiger partial charge is 0.124 e. The molecule has 3 heteroatoms. The van der Waals surface area contributed by atoms with E-state index in [2.05, 4.69) is 42.5 Å². The van der Waals surface area contributed by atoms with E-state index in [1.54, 1.807) is 11.3 Å². The quantitative estimate of drug-likeness (QED) is 0.516. The molecule has 1 heterocycles. The molecule has 0 unspecified atom stereocenters. The number of nitrogen functional groups attached to an aromatic ring is 1. The van der Waals surface area contributed by atoms with Crippen LogP contribution in [0.1, 0.15) is 0 Å². The Morgan fingerprint density at radius 2 is 1.45 bits per heavy atom. The standard InChI is InChI=1S/C19H14N2S/c20-16-9-6-13(7-10-16)15-8-11-17-18(12-15)22-19(21-17)14-4-2-1-3-5-14/h1-12H,20H2. The Balaban J connectivity index is 1.80. The molecule has 0 fully saturated rings. The largest absolute Gasteiger partial charge is 0.399 e. The molecule has 0 amide bonds. The average Bonchev–Trinajstić information content (AvgIpc) is 2.99. The number of rotatable bonds is 2. The van der Waals surface area contributed by atoms with Gasteiger partial charge in [-0.05, 0) is 35.4 Å². The van der Waals surface area contributed by atoms with Crippen molar-refractivity contribution in [3.05, 3.63) is 72.8 Å². The maximum atomic E-state index is 5.76. The maximum absolute atomic E-state index is 5.76. The first-order chi connectivity index (χ1) is 10.8. The predicted octanol–water partition coefficient (Wildman–Crippen LogP) is 5.21. The lowest BCUT2D eigenvalue weighted by atomic mass is 10.1. The van der Waals surface area contributed by atoms with Crippen LogP contribution < -0.4 is 5.73 Å². The van der Waals surface area contributed by atoms with Crippen LogP contribution in [0.2, 0.25) is 0 Å². The Bertz CT molecular complexity index is 925. The first-order valence-corrected chi connectivity index (χ1v) is 7.93. The van der Waals surface area contributed by atoms with Crippen molar-refractivity contribution in [2.24, 2.45) is 0 Å². The third-order valence-electron chi connectivity index (χ3n) is 3.65. The minimum atomic E-state index is 0.786. The highest BCUT2D eigenvalue weighted by Gasteiger charge is 2.07. The molecule has 106 valence electrons. The third-order valence-corrected chi connectivity index (χ3v) is 4.72. The van der Waals surface area contributed by atoms with Crippen LogP contribution in [-0.4, -0.2) is 4.98 Å². The second kappa shape index (κ2) is 5.28. The van der Waals surface area contributed by atoms with Crippen molar-refractivity contribution in [3.63, 3.8) is 0 Å². The molecule has 2 N–H and O–H groups in total. The summed E-state index contributed by atoms with van der Waals surface area (Å²) in [5, 5.41) is 1.06. The van der Waals surface area contributed by atoms with Gasteiger partial charge in [-0.2, -0.15) is 0 Å². The predicted molar refractivity (Wildman–Crippen MR) is 94.9 cm³/mol. The van der Waals surface area contributed by atoms with Crippen molar-refractivity contribution in [1.82, 2.24) is 4.98 Å². The van der Waals surface area contributed by atoms with Gasteiger partial charge in [-0.1, -0.05) is 48.5 Å². The van der Waals surface area contributed by atoms with Crippen molar-refractivity contribution in [2.75, 3.05) is 5.73 Å². The molecule has 0 radical (unpaired) electrons. The van der Waals surface area contributed by atoms with E-state index < -0.39 is 0 Å². The van der Waals surface area contributed by atoms with Crippen LogP contribution in [0.3, 0.4) is 0 Å². The first kappa shape index (κ1) is 13.0. The maximum Gasteiger partial charge on any atom is 0.124 e.